The summed E-state index contributed by atoms with van der Waals surface area (Å²) in [6.07, 6.45) is 2.15. The van der Waals surface area contributed by atoms with Gasteiger partial charge in [0.1, 0.15) is 6.54 Å². The van der Waals surface area contributed by atoms with Crippen LogP contribution in [0.15, 0.2) is 23.8 Å². The molecule has 0 aromatic rings. The average molecular weight is 323 g/mol. The normalized spacial score (nSPS) is 11.0. The first kappa shape index (κ1) is 25.1. The number of carbonyl (C=O) groups is 1. The molecule has 0 amide bonds. The van der Waals surface area contributed by atoms with Crippen molar-refractivity contribution in [1.82, 2.24) is 0 Å². The van der Waals surface area contributed by atoms with E-state index in [1.165, 1.54) is 6.92 Å². The molecule has 5 nitrogen and oxygen atoms in total. The van der Waals surface area contributed by atoms with Crippen LogP contribution in [0.1, 0.15) is 20.3 Å². The number of likely N-dealkylation sites (N-methyl/N-ethyl adjacent to an activating group) is 1. The zero-order chi connectivity index (χ0) is 16.2. The number of quaternary nitrogens is 1. The van der Waals surface area contributed by atoms with Gasteiger partial charge in [-0.15, -0.1) is 12.4 Å². The Morgan fingerprint density at radius 1 is 1.33 bits per heavy atom. The molecule has 0 bridgehead atoms. The standard InChI is InChI=1S/C9H20NO.C6H11NO2.ClH/c1-9(2)8-11-7-6-10(3,4)5;1-5(6(8)9)3-2-4-7;/h1,6-8H2,2-5H3;3H,2,4,7H2,1H3,(H,8,9);1H/q+1;;/p-1/b;5-3+;. The van der Waals surface area contributed by atoms with Gasteiger partial charge in [-0.2, -0.15) is 0 Å². The largest absolute Gasteiger partial charge is 0.545 e. The number of nitrogens with two attached hydrogens (primary N) is 1. The Labute approximate surface area is 135 Å². The van der Waals surface area contributed by atoms with Crippen LogP contribution < -0.4 is 10.8 Å². The molecule has 6 heteroatoms. The van der Waals surface area contributed by atoms with E-state index in [0.29, 0.717) is 19.6 Å². The van der Waals surface area contributed by atoms with E-state index < -0.39 is 5.97 Å². The molecule has 0 spiro atoms. The van der Waals surface area contributed by atoms with Gasteiger partial charge < -0.3 is 24.9 Å². The zero-order valence-corrected chi connectivity index (χ0v) is 14.8. The van der Waals surface area contributed by atoms with Crippen LogP contribution in [0.2, 0.25) is 0 Å². The molecule has 0 aromatic carbocycles. The van der Waals surface area contributed by atoms with Gasteiger partial charge in [0.15, 0.2) is 0 Å². The van der Waals surface area contributed by atoms with Gasteiger partial charge in [0, 0.05) is 0 Å². The molecule has 0 radical (unpaired) electrons. The molecule has 0 unspecified atom stereocenters. The molecular weight excluding hydrogens is 292 g/mol. The molecule has 126 valence electrons. The fraction of sp³-hybridized carbons (Fsp3) is 0.667. The van der Waals surface area contributed by atoms with Gasteiger partial charge in [0.2, 0.25) is 0 Å². The highest BCUT2D eigenvalue weighted by Crippen LogP contribution is 1.92. The highest BCUT2D eigenvalue weighted by Gasteiger charge is 2.04. The lowest BCUT2D eigenvalue weighted by atomic mass is 10.2. The molecule has 0 atom stereocenters. The lowest BCUT2D eigenvalue weighted by Crippen LogP contribution is -2.37. The molecular formula is C15H31ClN2O3. The van der Waals surface area contributed by atoms with Gasteiger partial charge in [0.05, 0.1) is 40.3 Å². The Kier molecular flexibility index (Phi) is 16.8. The quantitative estimate of drug-likeness (QED) is 0.309. The summed E-state index contributed by atoms with van der Waals surface area (Å²) in [5, 5.41) is 9.98. The first-order chi connectivity index (χ1) is 9.10. The lowest BCUT2D eigenvalue weighted by Gasteiger charge is -2.23. The predicted molar refractivity (Wildman–Crippen MR) is 88.2 cm³/mol. The number of ether oxygens (including phenoxy) is 1. The van der Waals surface area contributed by atoms with E-state index >= 15 is 0 Å². The van der Waals surface area contributed by atoms with Crippen molar-refractivity contribution in [3.8, 4) is 0 Å². The maximum absolute atomic E-state index is 9.98. The Morgan fingerprint density at radius 3 is 2.19 bits per heavy atom. The van der Waals surface area contributed by atoms with Crippen molar-refractivity contribution in [3.63, 3.8) is 0 Å². The van der Waals surface area contributed by atoms with E-state index in [1.807, 2.05) is 6.92 Å². The molecule has 0 aromatic heterocycles. The highest BCUT2D eigenvalue weighted by molar-refractivity contribution is 5.85. The zero-order valence-electron chi connectivity index (χ0n) is 14.0. The number of carbonyl (C=O) groups excluding carboxylic acids is 1. The number of nitrogens with zero attached hydrogens (tertiary/aromatic N) is 1. The van der Waals surface area contributed by atoms with Crippen molar-refractivity contribution in [3.05, 3.63) is 23.8 Å². The number of carboxylic acid groups (broad SMARTS) is 1. The van der Waals surface area contributed by atoms with Gasteiger partial charge >= 0.3 is 0 Å². The smallest absolute Gasteiger partial charge is 0.102 e. The minimum atomic E-state index is -1.12. The number of rotatable bonds is 8. The summed E-state index contributed by atoms with van der Waals surface area (Å²) in [7, 11) is 6.47. The lowest BCUT2D eigenvalue weighted by molar-refractivity contribution is -0.870. The molecule has 0 heterocycles. The Bertz CT molecular complexity index is 323. The van der Waals surface area contributed by atoms with E-state index in [0.717, 1.165) is 23.2 Å². The molecule has 0 aliphatic carbocycles. The second-order valence-electron chi connectivity index (χ2n) is 5.78. The molecule has 21 heavy (non-hydrogen) atoms. The fourth-order valence-electron chi connectivity index (χ4n) is 0.968. The summed E-state index contributed by atoms with van der Waals surface area (Å²) in [6.45, 7) is 10.3. The van der Waals surface area contributed by atoms with Crippen LogP contribution in [0, 0.1) is 0 Å². The van der Waals surface area contributed by atoms with Crippen molar-refractivity contribution in [1.29, 1.82) is 0 Å². The summed E-state index contributed by atoms with van der Waals surface area (Å²) < 4.78 is 6.31. The summed E-state index contributed by atoms with van der Waals surface area (Å²) >= 11 is 0. The molecule has 0 saturated carbocycles. The Hall–Kier alpha value is -0.880. The SMILES string of the molecule is C/C(=C\CCN)C(=O)[O-].C=C(C)COCC[N+](C)(C)C.Cl. The molecule has 0 fully saturated rings. The van der Waals surface area contributed by atoms with E-state index in [9.17, 15) is 9.90 Å². The van der Waals surface area contributed by atoms with Crippen LogP contribution in [0.5, 0.6) is 0 Å². The van der Waals surface area contributed by atoms with Crippen molar-refractivity contribution < 1.29 is 19.1 Å². The van der Waals surface area contributed by atoms with Crippen molar-refractivity contribution >= 4 is 18.4 Å². The third kappa shape index (κ3) is 24.5. The maximum Gasteiger partial charge on any atom is 0.102 e. The summed E-state index contributed by atoms with van der Waals surface area (Å²) in [5.74, 6) is -1.12. The summed E-state index contributed by atoms with van der Waals surface area (Å²) in [5.41, 5.74) is 6.46. The van der Waals surface area contributed by atoms with E-state index in [2.05, 4.69) is 27.7 Å². The fourth-order valence-corrected chi connectivity index (χ4v) is 0.968. The minimum Gasteiger partial charge on any atom is -0.545 e. The monoisotopic (exact) mass is 322 g/mol. The van der Waals surface area contributed by atoms with Gasteiger partial charge in [-0.3, -0.25) is 0 Å². The van der Waals surface area contributed by atoms with Crippen molar-refractivity contribution in [2.24, 2.45) is 5.73 Å². The molecule has 0 aliphatic heterocycles. The maximum atomic E-state index is 9.98. The number of hydrogen-bond acceptors (Lipinski definition) is 4. The van der Waals surface area contributed by atoms with Crippen LogP contribution in [-0.4, -0.2) is 57.9 Å². The van der Waals surface area contributed by atoms with Gasteiger partial charge in [-0.1, -0.05) is 18.2 Å². The van der Waals surface area contributed by atoms with Crippen molar-refractivity contribution in [2.75, 3.05) is 47.4 Å². The van der Waals surface area contributed by atoms with E-state index in [-0.39, 0.29) is 18.0 Å². The topological polar surface area (TPSA) is 75.4 Å². The van der Waals surface area contributed by atoms with Gasteiger partial charge in [0.25, 0.3) is 0 Å². The van der Waals surface area contributed by atoms with Crippen LogP contribution in [-0.2, 0) is 9.53 Å². The van der Waals surface area contributed by atoms with Gasteiger partial charge in [-0.25, -0.2) is 0 Å². The molecule has 2 N–H and O–H groups in total. The van der Waals surface area contributed by atoms with Crippen molar-refractivity contribution in [2.45, 2.75) is 20.3 Å². The molecule has 0 saturated heterocycles. The predicted octanol–water partition coefficient (Wildman–Crippen LogP) is 0.739. The second kappa shape index (κ2) is 14.1. The average Bonchev–Trinajstić information content (AvgIpc) is 2.31. The Morgan fingerprint density at radius 2 is 1.86 bits per heavy atom. The summed E-state index contributed by atoms with van der Waals surface area (Å²) in [6, 6.07) is 0. The number of aliphatic carboxylic acids is 1. The van der Waals surface area contributed by atoms with Crippen LogP contribution in [0.4, 0.5) is 0 Å². The first-order valence-corrected chi connectivity index (χ1v) is 6.71. The molecule has 0 aliphatic rings. The van der Waals surface area contributed by atoms with Gasteiger partial charge in [-0.05, 0) is 32.4 Å². The minimum absolute atomic E-state index is 0. The third-order valence-electron chi connectivity index (χ3n) is 2.19. The number of carboxylic acids is 1. The van der Waals surface area contributed by atoms with Crippen LogP contribution in [0.25, 0.3) is 0 Å². The van der Waals surface area contributed by atoms with E-state index in [1.54, 1.807) is 6.08 Å². The third-order valence-corrected chi connectivity index (χ3v) is 2.19. The highest BCUT2D eigenvalue weighted by atomic mass is 35.5. The van der Waals surface area contributed by atoms with Crippen LogP contribution in [0.3, 0.4) is 0 Å². The molecule has 0 rings (SSSR count). The van der Waals surface area contributed by atoms with E-state index in [4.69, 9.17) is 10.5 Å². The first-order valence-electron chi connectivity index (χ1n) is 6.71. The summed E-state index contributed by atoms with van der Waals surface area (Å²) in [4.78, 5) is 9.98. The second-order valence-corrected chi connectivity index (χ2v) is 5.78. The number of halogens is 1. The Balaban J connectivity index is -0.000000300. The number of hydrogen-bond donors (Lipinski definition) is 1. The van der Waals surface area contributed by atoms with Crippen LogP contribution >= 0.6 is 12.4 Å².